The Morgan fingerprint density at radius 1 is 1.19 bits per heavy atom. The maximum Gasteiger partial charge on any atom is 0.276 e. The number of nitrogens with one attached hydrogen (secondary N) is 1. The Hall–Kier alpha value is -3.08. The fourth-order valence-corrected chi connectivity index (χ4v) is 4.68. The molecule has 5 heterocycles. The lowest BCUT2D eigenvalue weighted by Crippen LogP contribution is -2.50. The minimum absolute atomic E-state index is 0.0878. The van der Waals surface area contributed by atoms with Crippen LogP contribution in [0.15, 0.2) is 29.3 Å². The Bertz CT molecular complexity index is 1200. The lowest BCUT2D eigenvalue weighted by molar-refractivity contribution is -0.0668. The number of nitrogens with zero attached hydrogens (tertiary/aromatic N) is 6. The van der Waals surface area contributed by atoms with Gasteiger partial charge in [0.15, 0.2) is 0 Å². The molecule has 2 aliphatic heterocycles. The molecule has 0 aromatic carbocycles. The normalized spacial score (nSPS) is 20.2. The molecule has 170 valence electrons. The van der Waals surface area contributed by atoms with Crippen LogP contribution in [0, 0.1) is 6.92 Å². The predicted octanol–water partition coefficient (Wildman–Crippen LogP) is 1.85. The number of rotatable bonds is 3. The fraction of sp³-hybridized carbons (Fsp3) is 0.524. The zero-order valence-corrected chi connectivity index (χ0v) is 17.8. The van der Waals surface area contributed by atoms with E-state index in [-0.39, 0.29) is 36.3 Å². The second-order valence-electron chi connectivity index (χ2n) is 8.59. The van der Waals surface area contributed by atoms with Crippen molar-refractivity contribution in [3.8, 4) is 5.95 Å². The third-order valence-electron chi connectivity index (χ3n) is 6.63. The second-order valence-corrected chi connectivity index (χ2v) is 8.59. The zero-order chi connectivity index (χ0) is 22.5. The van der Waals surface area contributed by atoms with Crippen LogP contribution in [-0.2, 0) is 0 Å². The van der Waals surface area contributed by atoms with Gasteiger partial charge >= 0.3 is 0 Å². The van der Waals surface area contributed by atoms with E-state index >= 15 is 0 Å². The van der Waals surface area contributed by atoms with Gasteiger partial charge in [-0.1, -0.05) is 0 Å². The number of carbonyl (C=O) groups is 1. The van der Waals surface area contributed by atoms with Crippen molar-refractivity contribution >= 4 is 11.4 Å². The summed E-state index contributed by atoms with van der Waals surface area (Å²) in [4.78, 5) is 32.0. The van der Waals surface area contributed by atoms with Crippen LogP contribution in [0.3, 0.4) is 0 Å². The van der Waals surface area contributed by atoms with Crippen molar-refractivity contribution in [1.29, 1.82) is 0 Å². The van der Waals surface area contributed by atoms with Crippen molar-refractivity contribution in [3.63, 3.8) is 0 Å². The molecule has 0 unspecified atom stereocenters. The number of carbonyl (C=O) groups excluding carboxylic acids is 1. The van der Waals surface area contributed by atoms with Gasteiger partial charge in [-0.25, -0.2) is 18.0 Å². The minimum Gasteiger partial charge on any atom is -0.338 e. The Kier molecular flexibility index (Phi) is 5.07. The number of aromatic amines is 1. The van der Waals surface area contributed by atoms with Crippen LogP contribution in [0.1, 0.15) is 41.7 Å². The molecule has 1 amide bonds. The molecule has 0 atom stereocenters. The van der Waals surface area contributed by atoms with Crippen LogP contribution in [0.4, 0.5) is 8.78 Å². The summed E-state index contributed by atoms with van der Waals surface area (Å²) in [6.07, 6.45) is 4.53. The van der Waals surface area contributed by atoms with Crippen LogP contribution >= 0.6 is 0 Å². The van der Waals surface area contributed by atoms with Gasteiger partial charge in [-0.15, -0.1) is 5.10 Å². The van der Waals surface area contributed by atoms with Gasteiger partial charge in [-0.05, 0) is 31.9 Å². The minimum atomic E-state index is -2.55. The lowest BCUT2D eigenvalue weighted by atomic mass is 9.98. The van der Waals surface area contributed by atoms with Gasteiger partial charge < -0.3 is 4.90 Å². The maximum absolute atomic E-state index is 13.4. The van der Waals surface area contributed by atoms with E-state index in [1.165, 1.54) is 15.4 Å². The number of piperidine rings is 2. The first-order chi connectivity index (χ1) is 15.3. The molecular formula is C21H25F2N7O2. The van der Waals surface area contributed by atoms with Gasteiger partial charge in [-0.2, -0.15) is 5.10 Å². The van der Waals surface area contributed by atoms with Gasteiger partial charge in [0, 0.05) is 51.3 Å². The number of aromatic nitrogens is 5. The standard InChI is InChI=1S/C21H25F2N7O2/c1-14-16(13-24-30(14)20-25-18(31)17-3-2-8-29(17)26-20)19(32)28-9-4-15(5-10-28)27-11-6-21(22,23)7-12-27/h2-3,8,13,15H,4-7,9-12H2,1H3,(H,25,26,31). The van der Waals surface area contributed by atoms with E-state index < -0.39 is 5.92 Å². The van der Waals surface area contributed by atoms with Crippen molar-refractivity contribution in [3.05, 3.63) is 46.1 Å². The van der Waals surface area contributed by atoms with E-state index in [2.05, 4.69) is 20.1 Å². The molecule has 0 radical (unpaired) electrons. The average Bonchev–Trinajstić information content (AvgIpc) is 3.40. The van der Waals surface area contributed by atoms with E-state index in [1.807, 2.05) is 0 Å². The summed E-state index contributed by atoms with van der Waals surface area (Å²) in [7, 11) is 0. The summed E-state index contributed by atoms with van der Waals surface area (Å²) in [6, 6.07) is 3.63. The van der Waals surface area contributed by atoms with Gasteiger partial charge in [0.2, 0.25) is 5.95 Å². The molecule has 2 saturated heterocycles. The summed E-state index contributed by atoms with van der Waals surface area (Å²) >= 11 is 0. The largest absolute Gasteiger partial charge is 0.338 e. The average molecular weight is 445 g/mol. The number of hydrogen-bond donors (Lipinski definition) is 1. The van der Waals surface area contributed by atoms with Crippen LogP contribution in [-0.4, -0.2) is 78.2 Å². The van der Waals surface area contributed by atoms with Gasteiger partial charge in [0.25, 0.3) is 17.4 Å². The number of amides is 1. The third kappa shape index (κ3) is 3.70. The van der Waals surface area contributed by atoms with E-state index in [9.17, 15) is 18.4 Å². The fourth-order valence-electron chi connectivity index (χ4n) is 4.68. The molecule has 0 spiro atoms. The Labute approximate surface area is 182 Å². The quantitative estimate of drug-likeness (QED) is 0.665. The predicted molar refractivity (Wildman–Crippen MR) is 112 cm³/mol. The first kappa shape index (κ1) is 20.8. The highest BCUT2D eigenvalue weighted by molar-refractivity contribution is 5.95. The van der Waals surface area contributed by atoms with E-state index in [1.54, 1.807) is 30.2 Å². The van der Waals surface area contributed by atoms with Crippen LogP contribution in [0.2, 0.25) is 0 Å². The van der Waals surface area contributed by atoms with Crippen LogP contribution < -0.4 is 5.56 Å². The highest BCUT2D eigenvalue weighted by Gasteiger charge is 2.37. The summed E-state index contributed by atoms with van der Waals surface area (Å²) in [5, 5.41) is 8.64. The SMILES string of the molecule is Cc1c(C(=O)N2CCC(N3CCC(F)(F)CC3)CC2)cnn1-c1nn2cccc2c(=O)[nH]1. The van der Waals surface area contributed by atoms with Gasteiger partial charge in [0.05, 0.1) is 17.5 Å². The molecule has 5 rings (SSSR count). The molecule has 32 heavy (non-hydrogen) atoms. The maximum atomic E-state index is 13.4. The van der Waals surface area contributed by atoms with Crippen LogP contribution in [0.25, 0.3) is 11.5 Å². The summed E-state index contributed by atoms with van der Waals surface area (Å²) in [5.74, 6) is -2.44. The van der Waals surface area contributed by atoms with Crippen molar-refractivity contribution in [2.45, 2.75) is 44.6 Å². The van der Waals surface area contributed by atoms with Gasteiger partial charge in [0.1, 0.15) is 5.52 Å². The molecule has 3 aromatic heterocycles. The van der Waals surface area contributed by atoms with E-state index in [0.29, 0.717) is 43.0 Å². The van der Waals surface area contributed by atoms with Crippen molar-refractivity contribution in [2.24, 2.45) is 0 Å². The second kappa shape index (κ2) is 7.80. The molecule has 0 bridgehead atoms. The Balaban J connectivity index is 1.28. The molecular weight excluding hydrogens is 420 g/mol. The molecule has 3 aromatic rings. The van der Waals surface area contributed by atoms with Crippen LogP contribution in [0.5, 0.6) is 0 Å². The van der Waals surface area contributed by atoms with Crippen molar-refractivity contribution in [2.75, 3.05) is 26.2 Å². The number of alkyl halides is 2. The third-order valence-corrected chi connectivity index (χ3v) is 6.63. The number of likely N-dealkylation sites (tertiary alicyclic amines) is 2. The Morgan fingerprint density at radius 3 is 2.62 bits per heavy atom. The van der Waals surface area contributed by atoms with E-state index in [4.69, 9.17) is 0 Å². The van der Waals surface area contributed by atoms with Gasteiger partial charge in [-0.3, -0.25) is 19.5 Å². The first-order valence-electron chi connectivity index (χ1n) is 10.9. The summed E-state index contributed by atoms with van der Waals surface area (Å²) in [5.41, 5.74) is 1.18. The molecule has 0 saturated carbocycles. The lowest BCUT2D eigenvalue weighted by Gasteiger charge is -2.41. The molecule has 11 heteroatoms. The summed E-state index contributed by atoms with van der Waals surface area (Å²) < 4.78 is 29.8. The number of halogens is 2. The number of H-pyrrole nitrogens is 1. The molecule has 1 N–H and O–H groups in total. The molecule has 9 nitrogen and oxygen atoms in total. The zero-order valence-electron chi connectivity index (χ0n) is 17.8. The van der Waals surface area contributed by atoms with Crippen molar-refractivity contribution < 1.29 is 13.6 Å². The monoisotopic (exact) mass is 445 g/mol. The molecule has 2 aliphatic rings. The van der Waals surface area contributed by atoms with Crippen molar-refractivity contribution in [1.82, 2.24) is 34.2 Å². The molecule has 2 fully saturated rings. The number of fused-ring (bicyclic) bond motifs is 1. The Morgan fingerprint density at radius 2 is 1.91 bits per heavy atom. The topological polar surface area (TPSA) is 91.5 Å². The molecule has 0 aliphatic carbocycles. The highest BCUT2D eigenvalue weighted by atomic mass is 19.3. The highest BCUT2D eigenvalue weighted by Crippen LogP contribution is 2.30. The number of hydrogen-bond acceptors (Lipinski definition) is 5. The summed E-state index contributed by atoms with van der Waals surface area (Å²) in [6.45, 7) is 3.74. The first-order valence-corrected chi connectivity index (χ1v) is 10.9. The van der Waals surface area contributed by atoms with E-state index in [0.717, 1.165) is 12.8 Å². The smallest absolute Gasteiger partial charge is 0.276 e.